The Bertz CT molecular complexity index is 231. The summed E-state index contributed by atoms with van der Waals surface area (Å²) in [5.74, 6) is 0. The van der Waals surface area contributed by atoms with Crippen molar-refractivity contribution in [2.75, 3.05) is 0 Å². The lowest BCUT2D eigenvalue weighted by atomic mass is 10.2. The summed E-state index contributed by atoms with van der Waals surface area (Å²) in [6.45, 7) is 5.37. The van der Waals surface area contributed by atoms with Gasteiger partial charge in [-0.25, -0.2) is 0 Å². The van der Waals surface area contributed by atoms with Gasteiger partial charge in [-0.05, 0) is 31.0 Å². The van der Waals surface area contributed by atoms with E-state index in [1.165, 1.54) is 0 Å². The Morgan fingerprint density at radius 1 is 1.30 bits per heavy atom. The van der Waals surface area contributed by atoms with Gasteiger partial charge in [-0.2, -0.15) is 0 Å². The lowest BCUT2D eigenvalue weighted by molar-refractivity contribution is 1.27. The van der Waals surface area contributed by atoms with E-state index in [2.05, 4.69) is 0 Å². The van der Waals surface area contributed by atoms with Crippen molar-refractivity contribution in [3.05, 3.63) is 40.7 Å². The Morgan fingerprint density at radius 2 is 2.00 bits per heavy atom. The van der Waals surface area contributed by atoms with Crippen LogP contribution in [0.1, 0.15) is 5.56 Å². The first kappa shape index (κ1) is 7.90. The van der Waals surface area contributed by atoms with Crippen LogP contribution in [-0.4, -0.2) is 0 Å². The van der Waals surface area contributed by atoms with Crippen LogP contribution in [0, 0.1) is 6.92 Å². The van der Waals surface area contributed by atoms with E-state index in [1.807, 2.05) is 6.07 Å². The van der Waals surface area contributed by atoms with Crippen LogP contribution in [0.15, 0.2) is 18.2 Å². The molecule has 0 saturated carbocycles. The summed E-state index contributed by atoms with van der Waals surface area (Å²) in [5.41, 5.74) is 0.922. The summed E-state index contributed by atoms with van der Waals surface area (Å²) in [7, 11) is 0. The molecule has 0 N–H and O–H groups in total. The van der Waals surface area contributed by atoms with Gasteiger partial charge in [-0.15, -0.1) is 0 Å². The molecule has 0 aromatic heterocycles. The molecule has 2 heteroatoms. The SMILES string of the molecule is [CH]Cc1ccc(Cl)cc1Cl. The van der Waals surface area contributed by atoms with Crippen LogP contribution in [0.3, 0.4) is 0 Å². The average Bonchev–Trinajstić information content (AvgIpc) is 1.88. The molecule has 0 nitrogen and oxygen atoms in total. The Balaban J connectivity index is 3.07. The third kappa shape index (κ3) is 1.65. The van der Waals surface area contributed by atoms with Crippen molar-refractivity contribution in [2.24, 2.45) is 0 Å². The third-order valence-electron chi connectivity index (χ3n) is 1.24. The number of hydrogen-bond donors (Lipinski definition) is 0. The molecule has 0 bridgehead atoms. The van der Waals surface area contributed by atoms with Crippen molar-refractivity contribution in [2.45, 2.75) is 6.42 Å². The van der Waals surface area contributed by atoms with Gasteiger partial charge in [0.25, 0.3) is 0 Å². The Morgan fingerprint density at radius 3 is 2.50 bits per heavy atom. The van der Waals surface area contributed by atoms with Crippen molar-refractivity contribution >= 4 is 23.2 Å². The molecule has 0 unspecified atom stereocenters. The van der Waals surface area contributed by atoms with Crippen LogP contribution >= 0.6 is 23.2 Å². The second-order valence-corrected chi connectivity index (χ2v) is 2.78. The fourth-order valence-electron chi connectivity index (χ4n) is 0.687. The van der Waals surface area contributed by atoms with Gasteiger partial charge < -0.3 is 0 Å². The first-order valence-corrected chi connectivity index (χ1v) is 3.63. The van der Waals surface area contributed by atoms with E-state index in [1.54, 1.807) is 12.1 Å². The van der Waals surface area contributed by atoms with Crippen LogP contribution in [-0.2, 0) is 6.42 Å². The standard InChI is InChI=1S/C8H6Cl2/c1-2-6-3-4-7(9)5-8(6)10/h1,3-5H,2H2. The van der Waals surface area contributed by atoms with E-state index >= 15 is 0 Å². The number of halogens is 2. The van der Waals surface area contributed by atoms with Gasteiger partial charge in [0.05, 0.1) is 0 Å². The van der Waals surface area contributed by atoms with Crippen molar-refractivity contribution < 1.29 is 0 Å². The summed E-state index contributed by atoms with van der Waals surface area (Å²) in [6, 6.07) is 5.28. The monoisotopic (exact) mass is 172 g/mol. The van der Waals surface area contributed by atoms with Crippen LogP contribution in [0.5, 0.6) is 0 Å². The average molecular weight is 173 g/mol. The number of hydrogen-bond acceptors (Lipinski definition) is 0. The van der Waals surface area contributed by atoms with Gasteiger partial charge in [0.1, 0.15) is 0 Å². The van der Waals surface area contributed by atoms with E-state index in [0.29, 0.717) is 16.5 Å². The molecule has 0 spiro atoms. The van der Waals surface area contributed by atoms with E-state index in [-0.39, 0.29) is 0 Å². The quantitative estimate of drug-likeness (QED) is 0.611. The minimum Gasteiger partial charge on any atom is -0.0843 e. The molecule has 0 aliphatic rings. The van der Waals surface area contributed by atoms with Gasteiger partial charge >= 0.3 is 0 Å². The maximum atomic E-state index is 5.77. The fourth-order valence-corrected chi connectivity index (χ4v) is 1.17. The summed E-state index contributed by atoms with van der Waals surface area (Å²) < 4.78 is 0. The molecule has 0 saturated heterocycles. The van der Waals surface area contributed by atoms with Gasteiger partial charge in [-0.1, -0.05) is 29.3 Å². The molecule has 0 fully saturated rings. The Hall–Kier alpha value is -0.200. The third-order valence-corrected chi connectivity index (χ3v) is 1.82. The van der Waals surface area contributed by atoms with Crippen LogP contribution in [0.2, 0.25) is 10.0 Å². The van der Waals surface area contributed by atoms with Gasteiger partial charge in [-0.3, -0.25) is 0 Å². The highest BCUT2D eigenvalue weighted by atomic mass is 35.5. The van der Waals surface area contributed by atoms with Gasteiger partial charge in [0.2, 0.25) is 0 Å². The van der Waals surface area contributed by atoms with Gasteiger partial charge in [0.15, 0.2) is 0 Å². The van der Waals surface area contributed by atoms with Crippen molar-refractivity contribution in [1.82, 2.24) is 0 Å². The molecule has 0 heterocycles. The zero-order valence-electron chi connectivity index (χ0n) is 5.27. The smallest absolute Gasteiger partial charge is 0.0452 e. The largest absolute Gasteiger partial charge is 0.0843 e. The fraction of sp³-hybridized carbons (Fsp3) is 0.125. The lowest BCUT2D eigenvalue weighted by Gasteiger charge is -1.98. The molecule has 0 amide bonds. The molecule has 1 aromatic carbocycles. The first-order chi connectivity index (χ1) is 4.74. The highest BCUT2D eigenvalue weighted by molar-refractivity contribution is 6.35. The highest BCUT2D eigenvalue weighted by Gasteiger charge is 1.96. The van der Waals surface area contributed by atoms with E-state index in [9.17, 15) is 0 Å². The molecular formula is C8H6Cl2. The predicted octanol–water partition coefficient (Wildman–Crippen LogP) is 3.25. The molecule has 0 aliphatic heterocycles. The Kier molecular flexibility index (Phi) is 2.58. The van der Waals surface area contributed by atoms with E-state index in [0.717, 1.165) is 5.56 Å². The highest BCUT2D eigenvalue weighted by Crippen LogP contribution is 2.20. The normalized spacial score (nSPS) is 9.90. The summed E-state index contributed by atoms with van der Waals surface area (Å²) in [4.78, 5) is 0. The summed E-state index contributed by atoms with van der Waals surface area (Å²) in [6.07, 6.45) is 0.454. The molecule has 1 rings (SSSR count). The number of rotatable bonds is 1. The molecule has 2 radical (unpaired) electrons. The van der Waals surface area contributed by atoms with E-state index < -0.39 is 0 Å². The molecule has 0 atom stereocenters. The van der Waals surface area contributed by atoms with E-state index in [4.69, 9.17) is 30.1 Å². The van der Waals surface area contributed by atoms with Gasteiger partial charge in [0, 0.05) is 10.0 Å². The lowest BCUT2D eigenvalue weighted by Crippen LogP contribution is -1.80. The van der Waals surface area contributed by atoms with Crippen LogP contribution in [0.25, 0.3) is 0 Å². The molecular weight excluding hydrogens is 167 g/mol. The topological polar surface area (TPSA) is 0 Å². The zero-order chi connectivity index (χ0) is 7.56. The molecule has 52 valence electrons. The van der Waals surface area contributed by atoms with Crippen LogP contribution < -0.4 is 0 Å². The first-order valence-electron chi connectivity index (χ1n) is 2.88. The summed E-state index contributed by atoms with van der Waals surface area (Å²) in [5, 5.41) is 1.28. The maximum Gasteiger partial charge on any atom is 0.0452 e. The second kappa shape index (κ2) is 3.27. The summed E-state index contributed by atoms with van der Waals surface area (Å²) >= 11 is 11.4. The second-order valence-electron chi connectivity index (χ2n) is 1.94. The van der Waals surface area contributed by atoms with Crippen molar-refractivity contribution in [3.8, 4) is 0 Å². The van der Waals surface area contributed by atoms with Crippen molar-refractivity contribution in [3.63, 3.8) is 0 Å². The minimum absolute atomic E-state index is 0.454. The minimum atomic E-state index is 0.454. The van der Waals surface area contributed by atoms with Crippen LogP contribution in [0.4, 0.5) is 0 Å². The predicted molar refractivity (Wildman–Crippen MR) is 44.5 cm³/mol. The number of benzene rings is 1. The molecule has 10 heavy (non-hydrogen) atoms. The Labute approximate surface area is 70.8 Å². The van der Waals surface area contributed by atoms with Crippen molar-refractivity contribution in [1.29, 1.82) is 0 Å². The zero-order valence-corrected chi connectivity index (χ0v) is 6.78. The molecule has 1 aromatic rings. The molecule has 0 aliphatic carbocycles. The maximum absolute atomic E-state index is 5.77.